The summed E-state index contributed by atoms with van der Waals surface area (Å²) in [5.41, 5.74) is 6.60. The fraction of sp³-hybridized carbons (Fsp3) is 0.222. The third-order valence-corrected chi connectivity index (χ3v) is 2.06. The Labute approximate surface area is 87.2 Å². The molecule has 0 saturated carbocycles. The average molecular weight is 204 g/mol. The Bertz CT molecular complexity index is 449. The van der Waals surface area contributed by atoms with Crippen molar-refractivity contribution in [2.24, 2.45) is 7.05 Å². The molecule has 2 aromatic heterocycles. The van der Waals surface area contributed by atoms with Crippen LogP contribution >= 0.6 is 0 Å². The van der Waals surface area contributed by atoms with Gasteiger partial charge in [-0.3, -0.25) is 4.68 Å². The lowest BCUT2D eigenvalue weighted by Crippen LogP contribution is -2.07. The number of nitrogens with one attached hydrogen (secondary N) is 1. The normalized spacial score (nSPS) is 10.2. The molecule has 0 bridgehead atoms. The molecular formula is C9H12N6. The van der Waals surface area contributed by atoms with Gasteiger partial charge in [-0.1, -0.05) is 0 Å². The van der Waals surface area contributed by atoms with Crippen LogP contribution in [0.3, 0.4) is 0 Å². The minimum atomic E-state index is 0.456. The zero-order chi connectivity index (χ0) is 10.7. The smallest absolute Gasteiger partial charge is 0.131 e. The minimum absolute atomic E-state index is 0.456. The van der Waals surface area contributed by atoms with Gasteiger partial charge in [-0.25, -0.2) is 9.97 Å². The molecule has 2 aromatic rings. The molecule has 0 radical (unpaired) electrons. The van der Waals surface area contributed by atoms with Crippen LogP contribution in [0.2, 0.25) is 0 Å². The van der Waals surface area contributed by atoms with E-state index in [9.17, 15) is 0 Å². The number of aryl methyl sites for hydroxylation is 1. The topological polar surface area (TPSA) is 81.7 Å². The highest BCUT2D eigenvalue weighted by Crippen LogP contribution is 2.06. The molecule has 0 fully saturated rings. The van der Waals surface area contributed by atoms with Crippen molar-refractivity contribution in [1.82, 2.24) is 19.7 Å². The Hall–Kier alpha value is -2.11. The monoisotopic (exact) mass is 204 g/mol. The van der Waals surface area contributed by atoms with Crippen LogP contribution in [-0.4, -0.2) is 19.7 Å². The third-order valence-electron chi connectivity index (χ3n) is 2.06. The van der Waals surface area contributed by atoms with E-state index in [4.69, 9.17) is 5.73 Å². The van der Waals surface area contributed by atoms with Crippen molar-refractivity contribution in [3.63, 3.8) is 0 Å². The van der Waals surface area contributed by atoms with Gasteiger partial charge in [0, 0.05) is 19.3 Å². The van der Waals surface area contributed by atoms with E-state index >= 15 is 0 Å². The molecule has 0 aliphatic rings. The predicted octanol–water partition coefficient (Wildman–Crippen LogP) is 0.404. The van der Waals surface area contributed by atoms with E-state index < -0.39 is 0 Å². The predicted molar refractivity (Wildman–Crippen MR) is 57.0 cm³/mol. The van der Waals surface area contributed by atoms with E-state index in [1.807, 2.05) is 13.1 Å². The minimum Gasteiger partial charge on any atom is -0.384 e. The largest absolute Gasteiger partial charge is 0.384 e. The maximum Gasteiger partial charge on any atom is 0.131 e. The maximum absolute atomic E-state index is 5.53. The van der Waals surface area contributed by atoms with Crippen LogP contribution in [0.4, 0.5) is 11.6 Å². The molecular weight excluding hydrogens is 192 g/mol. The van der Waals surface area contributed by atoms with Crippen LogP contribution in [0.5, 0.6) is 0 Å². The van der Waals surface area contributed by atoms with Crippen molar-refractivity contribution in [3.8, 4) is 0 Å². The molecule has 15 heavy (non-hydrogen) atoms. The summed E-state index contributed by atoms with van der Waals surface area (Å²) in [6, 6.07) is 3.63. The lowest BCUT2D eigenvalue weighted by atomic mass is 10.4. The summed E-state index contributed by atoms with van der Waals surface area (Å²) in [5, 5.41) is 7.20. The van der Waals surface area contributed by atoms with E-state index in [2.05, 4.69) is 20.4 Å². The molecule has 0 aromatic carbocycles. The zero-order valence-corrected chi connectivity index (χ0v) is 8.38. The summed E-state index contributed by atoms with van der Waals surface area (Å²) in [6.45, 7) is 0.660. The number of nitrogen functional groups attached to an aromatic ring is 1. The second kappa shape index (κ2) is 3.95. The van der Waals surface area contributed by atoms with E-state index in [1.54, 1.807) is 16.9 Å². The van der Waals surface area contributed by atoms with Crippen molar-refractivity contribution in [2.75, 3.05) is 11.1 Å². The van der Waals surface area contributed by atoms with Crippen molar-refractivity contribution in [2.45, 2.75) is 6.54 Å². The summed E-state index contributed by atoms with van der Waals surface area (Å²) in [5.74, 6) is 1.17. The van der Waals surface area contributed by atoms with Gasteiger partial charge >= 0.3 is 0 Å². The molecule has 6 heteroatoms. The Balaban J connectivity index is 2.02. The summed E-state index contributed by atoms with van der Waals surface area (Å²) in [6.07, 6.45) is 3.19. The fourth-order valence-corrected chi connectivity index (χ4v) is 1.22. The van der Waals surface area contributed by atoms with Gasteiger partial charge in [0.15, 0.2) is 0 Å². The van der Waals surface area contributed by atoms with Gasteiger partial charge in [0.1, 0.15) is 18.0 Å². The first-order valence-corrected chi connectivity index (χ1v) is 4.54. The van der Waals surface area contributed by atoms with Crippen molar-refractivity contribution in [1.29, 1.82) is 0 Å². The van der Waals surface area contributed by atoms with E-state index in [1.165, 1.54) is 6.33 Å². The van der Waals surface area contributed by atoms with Gasteiger partial charge in [0.05, 0.1) is 12.2 Å². The first-order chi connectivity index (χ1) is 7.25. The molecule has 3 N–H and O–H groups in total. The second-order valence-corrected chi connectivity index (χ2v) is 3.13. The molecule has 0 aliphatic heterocycles. The van der Waals surface area contributed by atoms with Crippen LogP contribution in [0.25, 0.3) is 0 Å². The molecule has 6 nitrogen and oxygen atoms in total. The first-order valence-electron chi connectivity index (χ1n) is 4.54. The van der Waals surface area contributed by atoms with Gasteiger partial charge in [0.2, 0.25) is 0 Å². The molecule has 2 heterocycles. The highest BCUT2D eigenvalue weighted by atomic mass is 15.3. The molecule has 0 atom stereocenters. The Morgan fingerprint density at radius 2 is 2.33 bits per heavy atom. The van der Waals surface area contributed by atoms with Crippen LogP contribution < -0.4 is 11.1 Å². The van der Waals surface area contributed by atoms with E-state index in [0.717, 1.165) is 5.69 Å². The molecule has 78 valence electrons. The molecule has 0 spiro atoms. The summed E-state index contributed by atoms with van der Waals surface area (Å²) < 4.78 is 1.80. The van der Waals surface area contributed by atoms with Crippen molar-refractivity contribution < 1.29 is 0 Å². The Kier molecular flexibility index (Phi) is 2.49. The first kappa shape index (κ1) is 9.45. The number of hydrogen-bond donors (Lipinski definition) is 2. The van der Waals surface area contributed by atoms with Gasteiger partial charge in [-0.15, -0.1) is 0 Å². The lowest BCUT2D eigenvalue weighted by Gasteiger charge is -2.05. The molecule has 0 aliphatic carbocycles. The van der Waals surface area contributed by atoms with Gasteiger partial charge in [0.25, 0.3) is 0 Å². The summed E-state index contributed by atoms with van der Waals surface area (Å²) in [7, 11) is 1.89. The lowest BCUT2D eigenvalue weighted by molar-refractivity contribution is 0.720. The molecule has 0 saturated heterocycles. The van der Waals surface area contributed by atoms with Crippen LogP contribution in [0, 0.1) is 0 Å². The standard InChI is InChI=1S/C9H12N6/c1-15-7(2-3-14-15)5-11-9-4-8(10)12-6-13-9/h2-4,6H,5H2,1H3,(H3,10,11,12,13). The number of hydrogen-bond acceptors (Lipinski definition) is 5. The highest BCUT2D eigenvalue weighted by molar-refractivity contribution is 5.43. The third kappa shape index (κ3) is 2.22. The number of aromatic nitrogens is 4. The van der Waals surface area contributed by atoms with Crippen LogP contribution in [0.15, 0.2) is 24.7 Å². The van der Waals surface area contributed by atoms with Crippen molar-refractivity contribution >= 4 is 11.6 Å². The average Bonchev–Trinajstić information content (AvgIpc) is 2.61. The van der Waals surface area contributed by atoms with Gasteiger partial charge in [-0.2, -0.15) is 5.10 Å². The molecule has 2 rings (SSSR count). The summed E-state index contributed by atoms with van der Waals surface area (Å²) in [4.78, 5) is 7.85. The maximum atomic E-state index is 5.53. The molecule has 0 amide bonds. The fourth-order valence-electron chi connectivity index (χ4n) is 1.22. The van der Waals surface area contributed by atoms with Gasteiger partial charge in [-0.05, 0) is 6.07 Å². The molecule has 0 unspecified atom stereocenters. The summed E-state index contributed by atoms with van der Waals surface area (Å²) >= 11 is 0. The SMILES string of the molecule is Cn1nccc1CNc1cc(N)ncn1. The van der Waals surface area contributed by atoms with E-state index in [0.29, 0.717) is 18.2 Å². The Morgan fingerprint density at radius 1 is 1.47 bits per heavy atom. The number of nitrogens with two attached hydrogens (primary N) is 1. The number of anilines is 2. The second-order valence-electron chi connectivity index (χ2n) is 3.13. The van der Waals surface area contributed by atoms with Gasteiger partial charge < -0.3 is 11.1 Å². The zero-order valence-electron chi connectivity index (χ0n) is 8.38. The van der Waals surface area contributed by atoms with Crippen LogP contribution in [0.1, 0.15) is 5.69 Å². The number of rotatable bonds is 3. The van der Waals surface area contributed by atoms with Crippen molar-refractivity contribution in [3.05, 3.63) is 30.4 Å². The highest BCUT2D eigenvalue weighted by Gasteiger charge is 1.99. The number of nitrogens with zero attached hydrogens (tertiary/aromatic N) is 4. The van der Waals surface area contributed by atoms with Crippen LogP contribution in [-0.2, 0) is 13.6 Å². The Morgan fingerprint density at radius 3 is 3.00 bits per heavy atom. The van der Waals surface area contributed by atoms with E-state index in [-0.39, 0.29) is 0 Å². The quantitative estimate of drug-likeness (QED) is 0.756.